The van der Waals surface area contributed by atoms with Crippen molar-refractivity contribution < 1.29 is 4.79 Å². The number of pyridine rings is 1. The Hall–Kier alpha value is -0.460. The van der Waals surface area contributed by atoms with Gasteiger partial charge in [-0.05, 0) is 28.1 Å². The van der Waals surface area contributed by atoms with E-state index < -0.39 is 0 Å². The van der Waals surface area contributed by atoms with Gasteiger partial charge in [-0.15, -0.1) is 0 Å². The molecule has 2 rings (SSSR count). The molecule has 1 aromatic rings. The third kappa shape index (κ3) is 6.14. The lowest BCUT2D eigenvalue weighted by molar-refractivity contribution is -0.108. The standard InChI is InChI=1S/C9H13N3.C2H2Br2O/c1-2-4-11-9(3-1)12-7-5-10-6-8-12;3-1-2(4)5/h1-4,10H,5-8H2;1H2. The van der Waals surface area contributed by atoms with Gasteiger partial charge < -0.3 is 10.2 Å². The van der Waals surface area contributed by atoms with Gasteiger partial charge in [0.25, 0.3) is 0 Å². The molecule has 0 aliphatic carbocycles. The number of halogens is 2. The maximum Gasteiger partial charge on any atom is 0.208 e. The van der Waals surface area contributed by atoms with Gasteiger partial charge in [0, 0.05) is 32.4 Å². The number of carbonyl (C=O) groups is 1. The van der Waals surface area contributed by atoms with Crippen molar-refractivity contribution in [1.29, 1.82) is 0 Å². The maximum atomic E-state index is 9.68. The molecule has 0 spiro atoms. The Morgan fingerprint density at radius 3 is 2.53 bits per heavy atom. The monoisotopic (exact) mass is 363 g/mol. The first kappa shape index (κ1) is 14.6. The molecular weight excluding hydrogens is 350 g/mol. The summed E-state index contributed by atoms with van der Waals surface area (Å²) in [5.41, 5.74) is 0. The Morgan fingerprint density at radius 1 is 1.41 bits per heavy atom. The highest BCUT2D eigenvalue weighted by Gasteiger charge is 2.09. The van der Waals surface area contributed by atoms with Gasteiger partial charge in [-0.1, -0.05) is 22.0 Å². The average molecular weight is 365 g/mol. The van der Waals surface area contributed by atoms with E-state index in [9.17, 15) is 4.79 Å². The van der Waals surface area contributed by atoms with E-state index in [-0.39, 0.29) is 4.69 Å². The van der Waals surface area contributed by atoms with Crippen molar-refractivity contribution >= 4 is 42.4 Å². The number of hydrogen-bond donors (Lipinski definition) is 1. The minimum atomic E-state index is -0.0162. The number of anilines is 1. The minimum Gasteiger partial charge on any atom is -0.354 e. The molecule has 1 aliphatic heterocycles. The Balaban J connectivity index is 0.000000249. The molecule has 0 atom stereocenters. The van der Waals surface area contributed by atoms with E-state index in [1.54, 1.807) is 0 Å². The zero-order chi connectivity index (χ0) is 12.5. The lowest BCUT2D eigenvalue weighted by atomic mass is 10.3. The summed E-state index contributed by atoms with van der Waals surface area (Å²) in [6.07, 6.45) is 1.84. The highest BCUT2D eigenvalue weighted by Crippen LogP contribution is 2.08. The zero-order valence-electron chi connectivity index (χ0n) is 9.40. The Labute approximate surface area is 118 Å². The summed E-state index contributed by atoms with van der Waals surface area (Å²) in [7, 11) is 0. The first-order chi connectivity index (χ1) is 8.24. The summed E-state index contributed by atoms with van der Waals surface area (Å²) < 4.78 is -0.0162. The average Bonchev–Trinajstić information content (AvgIpc) is 2.41. The molecule has 2 heterocycles. The van der Waals surface area contributed by atoms with E-state index in [1.807, 2.05) is 18.3 Å². The van der Waals surface area contributed by atoms with Crippen molar-refractivity contribution in [1.82, 2.24) is 10.3 Å². The van der Waals surface area contributed by atoms with Crippen molar-refractivity contribution in [3.05, 3.63) is 24.4 Å². The fraction of sp³-hybridized carbons (Fsp3) is 0.455. The van der Waals surface area contributed by atoms with Crippen LogP contribution in [0.15, 0.2) is 24.4 Å². The van der Waals surface area contributed by atoms with E-state index in [1.165, 1.54) is 0 Å². The van der Waals surface area contributed by atoms with Gasteiger partial charge in [0.15, 0.2) is 0 Å². The van der Waals surface area contributed by atoms with E-state index >= 15 is 0 Å². The first-order valence-corrected chi connectivity index (χ1v) is 7.26. The van der Waals surface area contributed by atoms with Gasteiger partial charge in [0.2, 0.25) is 4.69 Å². The summed E-state index contributed by atoms with van der Waals surface area (Å²) >= 11 is 5.60. The Morgan fingerprint density at radius 2 is 2.06 bits per heavy atom. The lowest BCUT2D eigenvalue weighted by Gasteiger charge is -2.28. The topological polar surface area (TPSA) is 45.2 Å². The van der Waals surface area contributed by atoms with Gasteiger partial charge in [-0.3, -0.25) is 4.79 Å². The second-order valence-corrected chi connectivity index (χ2v) is 4.86. The summed E-state index contributed by atoms with van der Waals surface area (Å²) in [4.78, 5) is 16.3. The Kier molecular flexibility index (Phi) is 7.39. The summed E-state index contributed by atoms with van der Waals surface area (Å²) in [6.45, 7) is 4.27. The number of nitrogens with one attached hydrogen (secondary N) is 1. The third-order valence-electron chi connectivity index (χ3n) is 2.20. The largest absolute Gasteiger partial charge is 0.354 e. The summed E-state index contributed by atoms with van der Waals surface area (Å²) in [6, 6.07) is 6.04. The lowest BCUT2D eigenvalue weighted by Crippen LogP contribution is -2.43. The number of alkyl halides is 1. The molecule has 0 bridgehead atoms. The van der Waals surface area contributed by atoms with Crippen molar-refractivity contribution in [2.24, 2.45) is 0 Å². The number of piperazine rings is 1. The summed E-state index contributed by atoms with van der Waals surface area (Å²) in [5.74, 6) is 1.10. The fourth-order valence-electron chi connectivity index (χ4n) is 1.43. The van der Waals surface area contributed by atoms with Crippen LogP contribution in [0.25, 0.3) is 0 Å². The minimum absolute atomic E-state index is 0.0162. The SMILES string of the molecule is O=C(Br)CBr.c1ccc(N2CCNCC2)nc1. The fourth-order valence-corrected chi connectivity index (χ4v) is 1.43. The van der Waals surface area contributed by atoms with Crippen LogP contribution in [0.2, 0.25) is 0 Å². The molecule has 1 N–H and O–H groups in total. The smallest absolute Gasteiger partial charge is 0.208 e. The van der Waals surface area contributed by atoms with Crippen molar-refractivity contribution in [2.75, 3.05) is 36.4 Å². The van der Waals surface area contributed by atoms with Gasteiger partial charge >= 0.3 is 0 Å². The van der Waals surface area contributed by atoms with Gasteiger partial charge in [0.05, 0.1) is 5.33 Å². The maximum absolute atomic E-state index is 9.68. The molecule has 17 heavy (non-hydrogen) atoms. The number of nitrogens with zero attached hydrogens (tertiary/aromatic N) is 2. The first-order valence-electron chi connectivity index (χ1n) is 5.35. The second-order valence-electron chi connectivity index (χ2n) is 3.41. The number of carbonyl (C=O) groups excluding carboxylic acids is 1. The molecule has 0 saturated carbocycles. The van der Waals surface area contributed by atoms with Crippen LogP contribution >= 0.6 is 31.9 Å². The van der Waals surface area contributed by atoms with Crippen LogP contribution in [-0.2, 0) is 4.79 Å². The molecule has 94 valence electrons. The van der Waals surface area contributed by atoms with Gasteiger partial charge in [-0.2, -0.15) is 0 Å². The van der Waals surface area contributed by atoms with Crippen LogP contribution < -0.4 is 10.2 Å². The predicted octanol–water partition coefficient (Wildman–Crippen LogP) is 1.79. The molecular formula is C11H15Br2N3O. The van der Waals surface area contributed by atoms with E-state index in [2.05, 4.69) is 53.1 Å². The molecule has 0 aromatic carbocycles. The predicted molar refractivity (Wildman–Crippen MR) is 77.0 cm³/mol. The molecule has 0 radical (unpaired) electrons. The Bertz CT molecular complexity index is 329. The number of rotatable bonds is 2. The normalized spacial score (nSPS) is 14.8. The number of aromatic nitrogens is 1. The molecule has 1 saturated heterocycles. The zero-order valence-corrected chi connectivity index (χ0v) is 12.6. The van der Waals surface area contributed by atoms with Crippen LogP contribution in [0, 0.1) is 0 Å². The number of hydrogen-bond acceptors (Lipinski definition) is 4. The van der Waals surface area contributed by atoms with Crippen LogP contribution in [0.3, 0.4) is 0 Å². The van der Waals surface area contributed by atoms with Crippen molar-refractivity contribution in [3.8, 4) is 0 Å². The van der Waals surface area contributed by atoms with Crippen LogP contribution in [0.5, 0.6) is 0 Å². The highest BCUT2D eigenvalue weighted by atomic mass is 79.9. The molecule has 4 nitrogen and oxygen atoms in total. The van der Waals surface area contributed by atoms with E-state index in [0.29, 0.717) is 5.33 Å². The highest BCUT2D eigenvalue weighted by molar-refractivity contribution is 9.19. The van der Waals surface area contributed by atoms with E-state index in [4.69, 9.17) is 0 Å². The molecule has 0 amide bonds. The van der Waals surface area contributed by atoms with Gasteiger partial charge in [-0.25, -0.2) is 4.98 Å². The third-order valence-corrected chi connectivity index (χ3v) is 3.74. The van der Waals surface area contributed by atoms with E-state index in [0.717, 1.165) is 32.0 Å². The molecule has 1 fully saturated rings. The van der Waals surface area contributed by atoms with Crippen molar-refractivity contribution in [3.63, 3.8) is 0 Å². The quantitative estimate of drug-likeness (QED) is 0.642. The van der Waals surface area contributed by atoms with Crippen LogP contribution in [0.1, 0.15) is 0 Å². The van der Waals surface area contributed by atoms with Crippen LogP contribution in [-0.4, -0.2) is 41.2 Å². The summed E-state index contributed by atoms with van der Waals surface area (Å²) in [5, 5.41) is 3.71. The molecule has 1 aromatic heterocycles. The van der Waals surface area contributed by atoms with Crippen LogP contribution in [0.4, 0.5) is 5.82 Å². The second kappa shape index (κ2) is 8.60. The molecule has 0 unspecified atom stereocenters. The van der Waals surface area contributed by atoms with Crippen molar-refractivity contribution in [2.45, 2.75) is 0 Å². The van der Waals surface area contributed by atoms with Gasteiger partial charge in [0.1, 0.15) is 5.82 Å². The molecule has 1 aliphatic rings. The molecule has 6 heteroatoms.